The maximum absolute atomic E-state index is 15.2. The van der Waals surface area contributed by atoms with Gasteiger partial charge >= 0.3 is 0 Å². The van der Waals surface area contributed by atoms with Gasteiger partial charge in [0, 0.05) is 18.2 Å². The van der Waals surface area contributed by atoms with Crippen molar-refractivity contribution in [3.63, 3.8) is 0 Å². The number of aliphatic hydroxyl groups excluding tert-OH is 1. The Morgan fingerprint density at radius 2 is 1.90 bits per heavy atom. The number of nitrogens with two attached hydrogens (primary N) is 1. The summed E-state index contributed by atoms with van der Waals surface area (Å²) in [6.45, 7) is 7.40. The maximum atomic E-state index is 15.2. The van der Waals surface area contributed by atoms with Crippen LogP contribution in [0.3, 0.4) is 0 Å². The van der Waals surface area contributed by atoms with Crippen LogP contribution >= 0.6 is 23.1 Å². The molecule has 226 valence electrons. The lowest BCUT2D eigenvalue weighted by atomic mass is 10.0. The summed E-state index contributed by atoms with van der Waals surface area (Å²) >= 11 is 3.09. The van der Waals surface area contributed by atoms with Crippen molar-refractivity contribution in [2.75, 3.05) is 18.8 Å². The van der Waals surface area contributed by atoms with E-state index < -0.39 is 46.8 Å². The van der Waals surface area contributed by atoms with Crippen molar-refractivity contribution in [3.8, 4) is 10.4 Å². The number of halogens is 1. The molecule has 0 aliphatic carbocycles. The van der Waals surface area contributed by atoms with E-state index in [1.165, 1.54) is 6.92 Å². The first kappa shape index (κ1) is 33.0. The quantitative estimate of drug-likeness (QED) is 0.242. The summed E-state index contributed by atoms with van der Waals surface area (Å²) in [6.07, 6.45) is 0.475. The summed E-state index contributed by atoms with van der Waals surface area (Å²) in [5.74, 6) is -0.934. The van der Waals surface area contributed by atoms with Gasteiger partial charge in [-0.15, -0.1) is 11.3 Å². The van der Waals surface area contributed by atoms with E-state index in [1.54, 1.807) is 28.6 Å². The molecule has 1 unspecified atom stereocenters. The van der Waals surface area contributed by atoms with Crippen LogP contribution in [0.5, 0.6) is 0 Å². The number of nitrogens with zero attached hydrogens (tertiary/aromatic N) is 2. The van der Waals surface area contributed by atoms with Crippen LogP contribution in [-0.4, -0.2) is 80.7 Å². The molecular formula is C29H42FN5O4S2. The second-order valence-electron chi connectivity index (χ2n) is 10.9. The van der Waals surface area contributed by atoms with Crippen LogP contribution in [0.2, 0.25) is 0 Å². The zero-order valence-electron chi connectivity index (χ0n) is 24.2. The minimum absolute atomic E-state index is 0.128. The van der Waals surface area contributed by atoms with Gasteiger partial charge in [0.2, 0.25) is 17.7 Å². The standard InChI is InChI=1S/C29H42FN5O4S2/c1-18-25(40-17-33-18)21-11-9-20(10-12-21)15-32-27(38)24-23(30)22(37)16-35(24)28(39)26(34-19(2)36)29(3,4)41-14-8-6-5-7-13-31/h9-12,17,22-24,26,37H,5-8,13-16,31H2,1-4H3,(H,32,38)(H,34,36)/t22-,23-,24-,26?/m0/s1. The molecule has 12 heteroatoms. The fraction of sp³-hybridized carbons (Fsp3) is 0.586. The van der Waals surface area contributed by atoms with E-state index in [2.05, 4.69) is 15.6 Å². The number of benzene rings is 1. The number of aliphatic hydroxyl groups is 1. The number of likely N-dealkylation sites (tertiary alicyclic amines) is 1. The summed E-state index contributed by atoms with van der Waals surface area (Å²) in [6, 6.07) is 5.10. The van der Waals surface area contributed by atoms with Gasteiger partial charge in [0.25, 0.3) is 0 Å². The van der Waals surface area contributed by atoms with Crippen LogP contribution < -0.4 is 16.4 Å². The number of thiazole rings is 1. The summed E-state index contributed by atoms with van der Waals surface area (Å²) in [7, 11) is 0. The van der Waals surface area contributed by atoms with Gasteiger partial charge in [0.1, 0.15) is 18.2 Å². The highest BCUT2D eigenvalue weighted by Gasteiger charge is 2.51. The van der Waals surface area contributed by atoms with Gasteiger partial charge in [-0.25, -0.2) is 9.37 Å². The molecule has 1 fully saturated rings. The third-order valence-electron chi connectivity index (χ3n) is 7.23. The fourth-order valence-corrected chi connectivity index (χ4v) is 6.89. The molecule has 0 saturated carbocycles. The van der Waals surface area contributed by atoms with Crippen molar-refractivity contribution in [1.82, 2.24) is 20.5 Å². The van der Waals surface area contributed by atoms with Crippen molar-refractivity contribution in [1.29, 1.82) is 0 Å². The Kier molecular flexibility index (Phi) is 12.1. The Bertz CT molecular complexity index is 1180. The second-order valence-corrected chi connectivity index (χ2v) is 13.5. The largest absolute Gasteiger partial charge is 0.388 e. The predicted octanol–water partition coefficient (Wildman–Crippen LogP) is 3.18. The van der Waals surface area contributed by atoms with Gasteiger partial charge < -0.3 is 26.4 Å². The van der Waals surface area contributed by atoms with Crippen molar-refractivity contribution >= 4 is 40.8 Å². The zero-order valence-corrected chi connectivity index (χ0v) is 25.8. The van der Waals surface area contributed by atoms with E-state index in [9.17, 15) is 19.5 Å². The minimum atomic E-state index is -1.95. The molecular weight excluding hydrogens is 565 g/mol. The average molecular weight is 608 g/mol. The molecule has 9 nitrogen and oxygen atoms in total. The van der Waals surface area contributed by atoms with Gasteiger partial charge in [-0.1, -0.05) is 37.1 Å². The van der Waals surface area contributed by atoms with Crippen LogP contribution in [0.15, 0.2) is 29.8 Å². The van der Waals surface area contributed by atoms with E-state index in [-0.39, 0.29) is 13.1 Å². The highest BCUT2D eigenvalue weighted by molar-refractivity contribution is 8.00. The Morgan fingerprint density at radius 1 is 1.22 bits per heavy atom. The van der Waals surface area contributed by atoms with Gasteiger partial charge in [0.05, 0.1) is 22.6 Å². The molecule has 1 aliphatic rings. The van der Waals surface area contributed by atoms with E-state index in [0.717, 1.165) is 58.0 Å². The SMILES string of the molecule is CC(=O)NC(C(=O)N1C[C@H](O)[C@H](F)[C@H]1C(=O)NCc1ccc(-c2scnc2C)cc1)C(C)(C)SCCCCCCN. The molecule has 5 N–H and O–H groups in total. The van der Waals surface area contributed by atoms with Crippen LogP contribution in [0, 0.1) is 6.92 Å². The molecule has 2 heterocycles. The number of alkyl halides is 1. The van der Waals surface area contributed by atoms with Gasteiger partial charge in [-0.05, 0) is 57.0 Å². The van der Waals surface area contributed by atoms with Crippen LogP contribution in [0.25, 0.3) is 10.4 Å². The lowest BCUT2D eigenvalue weighted by Gasteiger charge is -2.37. The number of aromatic nitrogens is 1. The van der Waals surface area contributed by atoms with Gasteiger partial charge in [-0.2, -0.15) is 11.8 Å². The third-order valence-corrected chi connectivity index (χ3v) is 9.68. The molecule has 41 heavy (non-hydrogen) atoms. The summed E-state index contributed by atoms with van der Waals surface area (Å²) < 4.78 is 14.4. The zero-order chi connectivity index (χ0) is 30.2. The van der Waals surface area contributed by atoms with Crippen molar-refractivity contribution in [2.45, 2.75) is 89.0 Å². The average Bonchev–Trinajstić information content (AvgIpc) is 3.49. The van der Waals surface area contributed by atoms with Gasteiger partial charge in [0.15, 0.2) is 6.17 Å². The van der Waals surface area contributed by atoms with Crippen molar-refractivity contribution < 1.29 is 23.9 Å². The molecule has 0 spiro atoms. The van der Waals surface area contributed by atoms with Crippen LogP contribution in [-0.2, 0) is 20.9 Å². The molecule has 2 aromatic rings. The van der Waals surface area contributed by atoms with E-state index in [0.29, 0.717) is 6.54 Å². The Morgan fingerprint density at radius 3 is 2.51 bits per heavy atom. The number of carbonyl (C=O) groups is 3. The summed E-state index contributed by atoms with van der Waals surface area (Å²) in [5, 5.41) is 15.8. The summed E-state index contributed by atoms with van der Waals surface area (Å²) in [4.78, 5) is 45.5. The molecule has 3 amide bonds. The number of nitrogens with one attached hydrogen (secondary N) is 2. The highest BCUT2D eigenvalue weighted by atomic mass is 32.2. The van der Waals surface area contributed by atoms with Crippen molar-refractivity contribution in [2.24, 2.45) is 5.73 Å². The Labute approximate surface area is 249 Å². The number of unbranched alkanes of at least 4 members (excludes halogenated alkanes) is 3. The fourth-order valence-electron chi connectivity index (χ4n) is 4.88. The topological polar surface area (TPSA) is 138 Å². The second kappa shape index (κ2) is 15.1. The number of hydrogen-bond acceptors (Lipinski definition) is 8. The Hall–Kier alpha value is -2.54. The maximum Gasteiger partial charge on any atom is 0.247 e. The number of hydrogen-bond donors (Lipinski definition) is 4. The molecule has 1 aromatic carbocycles. The molecule has 0 bridgehead atoms. The molecule has 3 rings (SSSR count). The minimum Gasteiger partial charge on any atom is -0.388 e. The number of carbonyl (C=O) groups excluding carboxylic acids is 3. The molecule has 1 aromatic heterocycles. The number of amides is 3. The van der Waals surface area contributed by atoms with Crippen LogP contribution in [0.4, 0.5) is 4.39 Å². The highest BCUT2D eigenvalue weighted by Crippen LogP contribution is 2.33. The van der Waals surface area contributed by atoms with Crippen molar-refractivity contribution in [3.05, 3.63) is 41.0 Å². The number of rotatable bonds is 14. The molecule has 4 atom stereocenters. The summed E-state index contributed by atoms with van der Waals surface area (Å²) in [5.41, 5.74) is 10.1. The number of thioether (sulfide) groups is 1. The molecule has 1 aliphatic heterocycles. The number of β-amino-alcohol motifs (C(OH)–C–C–N with tert-alkyl or cyclic N) is 1. The molecule has 1 saturated heterocycles. The monoisotopic (exact) mass is 607 g/mol. The number of aryl methyl sites for hydroxylation is 1. The Balaban J connectivity index is 1.68. The normalized spacial score (nSPS) is 19.7. The van der Waals surface area contributed by atoms with Crippen LogP contribution in [0.1, 0.15) is 57.7 Å². The molecule has 0 radical (unpaired) electrons. The first-order valence-corrected chi connectivity index (χ1v) is 15.8. The predicted molar refractivity (Wildman–Crippen MR) is 162 cm³/mol. The first-order valence-electron chi connectivity index (χ1n) is 14.0. The first-order chi connectivity index (χ1) is 19.5. The lowest BCUT2D eigenvalue weighted by Crippen LogP contribution is -2.60. The van der Waals surface area contributed by atoms with E-state index in [1.807, 2.05) is 45.0 Å². The van der Waals surface area contributed by atoms with E-state index in [4.69, 9.17) is 5.73 Å². The third kappa shape index (κ3) is 8.73. The van der Waals surface area contributed by atoms with Gasteiger partial charge in [-0.3, -0.25) is 14.4 Å². The smallest absolute Gasteiger partial charge is 0.247 e. The lowest BCUT2D eigenvalue weighted by molar-refractivity contribution is -0.142. The van der Waals surface area contributed by atoms with E-state index >= 15 is 4.39 Å².